The van der Waals surface area contributed by atoms with E-state index >= 15 is 0 Å². The molecule has 3 heterocycles. The van der Waals surface area contributed by atoms with Crippen molar-refractivity contribution in [1.82, 2.24) is 20.1 Å². The molecule has 1 aromatic carbocycles. The molecule has 158 valence electrons. The average Bonchev–Trinajstić information content (AvgIpc) is 3.17. The van der Waals surface area contributed by atoms with Crippen LogP contribution in [0.3, 0.4) is 0 Å². The van der Waals surface area contributed by atoms with Gasteiger partial charge in [-0.05, 0) is 37.0 Å². The van der Waals surface area contributed by atoms with E-state index in [1.54, 1.807) is 7.11 Å². The summed E-state index contributed by atoms with van der Waals surface area (Å²) in [6.45, 7) is 4.07. The molecule has 2 fully saturated rings. The Morgan fingerprint density at radius 1 is 1.28 bits per heavy atom. The third kappa shape index (κ3) is 5.01. The number of morpholine rings is 1. The first-order valence-corrected chi connectivity index (χ1v) is 10.5. The van der Waals surface area contributed by atoms with Crippen LogP contribution in [0.5, 0.6) is 0 Å². The lowest BCUT2D eigenvalue weighted by molar-refractivity contribution is -0.103. The monoisotopic (exact) mass is 420 g/mol. The summed E-state index contributed by atoms with van der Waals surface area (Å²) >= 11 is 6.05. The summed E-state index contributed by atoms with van der Waals surface area (Å²) in [6.07, 6.45) is 3.19. The number of hydrogen-bond acceptors (Lipinski definition) is 7. The molecule has 1 aromatic heterocycles. The Morgan fingerprint density at radius 3 is 2.69 bits per heavy atom. The summed E-state index contributed by atoms with van der Waals surface area (Å²) < 4.78 is 11.5. The van der Waals surface area contributed by atoms with E-state index in [2.05, 4.69) is 37.1 Å². The summed E-state index contributed by atoms with van der Waals surface area (Å²) in [6, 6.07) is 8.98. The molecule has 0 aliphatic carbocycles. The second-order valence-corrected chi connectivity index (χ2v) is 8.27. The lowest BCUT2D eigenvalue weighted by Gasteiger charge is -2.46. The van der Waals surface area contributed by atoms with Gasteiger partial charge in [0.2, 0.25) is 11.9 Å². The molecule has 0 amide bonds. The summed E-state index contributed by atoms with van der Waals surface area (Å²) in [5, 5.41) is 7.69. The topological polar surface area (TPSA) is 92.5 Å². The highest BCUT2D eigenvalue weighted by molar-refractivity contribution is 6.30. The molecule has 0 saturated carbocycles. The number of anilines is 2. The smallest absolute Gasteiger partial charge is 0.246 e. The van der Waals surface area contributed by atoms with Gasteiger partial charge in [-0.3, -0.25) is 4.90 Å². The molecule has 3 N–H and O–H groups in total. The molecular weight excluding hydrogens is 392 g/mol. The number of aromatic amines is 1. The van der Waals surface area contributed by atoms with Crippen LogP contribution in [0.4, 0.5) is 11.9 Å². The van der Waals surface area contributed by atoms with E-state index < -0.39 is 0 Å². The summed E-state index contributed by atoms with van der Waals surface area (Å²) in [7, 11) is 1.73. The Labute approximate surface area is 176 Å². The minimum Gasteiger partial charge on any atom is -0.382 e. The summed E-state index contributed by atoms with van der Waals surface area (Å²) in [5.41, 5.74) is 6.96. The fourth-order valence-electron chi connectivity index (χ4n) is 4.39. The maximum Gasteiger partial charge on any atom is 0.246 e. The van der Waals surface area contributed by atoms with E-state index in [-0.39, 0.29) is 6.10 Å². The number of hydrogen-bond donors (Lipinski definition) is 2. The summed E-state index contributed by atoms with van der Waals surface area (Å²) in [5.74, 6) is 1.05. The number of nitrogens with zero attached hydrogens (tertiary/aromatic N) is 4. The molecule has 0 bridgehead atoms. The molecular formula is C20H29ClN6O2. The van der Waals surface area contributed by atoms with Crippen LogP contribution in [-0.2, 0) is 15.9 Å². The zero-order valence-electron chi connectivity index (χ0n) is 16.8. The van der Waals surface area contributed by atoms with Crippen LogP contribution < -0.4 is 10.6 Å². The lowest BCUT2D eigenvalue weighted by Crippen LogP contribution is -2.58. The molecule has 2 aliphatic heterocycles. The van der Waals surface area contributed by atoms with Crippen molar-refractivity contribution >= 4 is 23.5 Å². The van der Waals surface area contributed by atoms with E-state index in [1.165, 1.54) is 5.56 Å². The Morgan fingerprint density at radius 2 is 2.03 bits per heavy atom. The van der Waals surface area contributed by atoms with Crippen LogP contribution in [0.1, 0.15) is 18.4 Å². The highest BCUT2D eigenvalue weighted by Crippen LogP contribution is 2.26. The van der Waals surface area contributed by atoms with E-state index in [9.17, 15) is 0 Å². The molecule has 4 rings (SSSR count). The third-order valence-electron chi connectivity index (χ3n) is 5.85. The van der Waals surface area contributed by atoms with Crippen LogP contribution >= 0.6 is 11.6 Å². The fourth-order valence-corrected chi connectivity index (χ4v) is 4.51. The van der Waals surface area contributed by atoms with E-state index in [0.29, 0.717) is 37.2 Å². The van der Waals surface area contributed by atoms with Gasteiger partial charge in [-0.1, -0.05) is 23.7 Å². The number of rotatable bonds is 6. The number of ether oxygens (including phenoxy) is 2. The van der Waals surface area contributed by atoms with Crippen LogP contribution in [-0.4, -0.2) is 78.2 Å². The highest BCUT2D eigenvalue weighted by atomic mass is 35.5. The number of nitrogens with one attached hydrogen (secondary N) is 1. The van der Waals surface area contributed by atoms with Gasteiger partial charge in [0.1, 0.15) is 0 Å². The predicted molar refractivity (Wildman–Crippen MR) is 113 cm³/mol. The molecule has 2 aliphatic rings. The fraction of sp³-hybridized carbons (Fsp3) is 0.600. The Bertz CT molecular complexity index is 778. The number of H-pyrrole nitrogens is 1. The average molecular weight is 421 g/mol. The van der Waals surface area contributed by atoms with Crippen LogP contribution in [0.2, 0.25) is 5.02 Å². The highest BCUT2D eigenvalue weighted by Gasteiger charge is 2.35. The Hall–Kier alpha value is -1.87. The van der Waals surface area contributed by atoms with Gasteiger partial charge in [0.15, 0.2) is 0 Å². The Kier molecular flexibility index (Phi) is 6.54. The largest absolute Gasteiger partial charge is 0.382 e. The quantitative estimate of drug-likeness (QED) is 0.737. The first-order valence-electron chi connectivity index (χ1n) is 10.2. The molecule has 8 nitrogen and oxygen atoms in total. The van der Waals surface area contributed by atoms with Crippen LogP contribution in [0.15, 0.2) is 24.3 Å². The van der Waals surface area contributed by atoms with Gasteiger partial charge in [-0.15, -0.1) is 5.10 Å². The van der Waals surface area contributed by atoms with Gasteiger partial charge in [0, 0.05) is 43.9 Å². The van der Waals surface area contributed by atoms with E-state index in [1.807, 2.05) is 12.1 Å². The molecule has 2 saturated heterocycles. The van der Waals surface area contributed by atoms with Gasteiger partial charge < -0.3 is 20.1 Å². The molecule has 2 atom stereocenters. The Balaban J connectivity index is 1.42. The second kappa shape index (κ2) is 9.30. The molecule has 0 spiro atoms. The molecule has 2 aromatic rings. The van der Waals surface area contributed by atoms with Crippen molar-refractivity contribution in [2.75, 3.05) is 50.6 Å². The van der Waals surface area contributed by atoms with Gasteiger partial charge in [0.05, 0.1) is 19.3 Å². The molecule has 9 heteroatoms. The zero-order chi connectivity index (χ0) is 20.2. The maximum atomic E-state index is 6.10. The zero-order valence-corrected chi connectivity index (χ0v) is 17.5. The van der Waals surface area contributed by atoms with E-state index in [4.69, 9.17) is 26.8 Å². The minimum atomic E-state index is 0.118. The van der Waals surface area contributed by atoms with Gasteiger partial charge in [-0.2, -0.15) is 4.98 Å². The van der Waals surface area contributed by atoms with Gasteiger partial charge in [-0.25, -0.2) is 5.10 Å². The maximum absolute atomic E-state index is 6.10. The van der Waals surface area contributed by atoms with Gasteiger partial charge >= 0.3 is 0 Å². The normalized spacial score (nSPS) is 24.1. The standard InChI is InChI=1S/C20H29ClN6O2/c1-28-13-18-11-27(17(12-29-18)10-14-2-4-15(21)5-3-14)16-6-8-26(9-7-16)20-23-19(22)24-25-20/h2-5,16-18H,6-13H2,1H3,(H3,22,23,24,25)/t17-,18?/m0/s1. The van der Waals surface area contributed by atoms with Crippen molar-refractivity contribution in [2.24, 2.45) is 0 Å². The predicted octanol–water partition coefficient (Wildman–Crippen LogP) is 1.97. The second-order valence-electron chi connectivity index (χ2n) is 7.83. The third-order valence-corrected chi connectivity index (χ3v) is 6.10. The molecule has 1 unspecified atom stereocenters. The minimum absolute atomic E-state index is 0.118. The number of nitrogen functional groups attached to an aromatic ring is 1. The summed E-state index contributed by atoms with van der Waals surface area (Å²) in [4.78, 5) is 9.09. The van der Waals surface area contributed by atoms with Crippen LogP contribution in [0.25, 0.3) is 0 Å². The first kappa shape index (κ1) is 20.4. The van der Waals surface area contributed by atoms with Crippen molar-refractivity contribution in [3.05, 3.63) is 34.9 Å². The molecule has 0 radical (unpaired) electrons. The van der Waals surface area contributed by atoms with Crippen molar-refractivity contribution < 1.29 is 9.47 Å². The van der Waals surface area contributed by atoms with Crippen molar-refractivity contribution in [3.8, 4) is 0 Å². The van der Waals surface area contributed by atoms with Crippen molar-refractivity contribution in [2.45, 2.75) is 37.5 Å². The number of aromatic nitrogens is 3. The van der Waals surface area contributed by atoms with Crippen molar-refractivity contribution in [3.63, 3.8) is 0 Å². The number of piperidine rings is 1. The first-order chi connectivity index (χ1) is 14.1. The van der Waals surface area contributed by atoms with Crippen molar-refractivity contribution in [1.29, 1.82) is 0 Å². The van der Waals surface area contributed by atoms with Crippen LogP contribution in [0, 0.1) is 0 Å². The number of halogens is 1. The van der Waals surface area contributed by atoms with E-state index in [0.717, 1.165) is 43.9 Å². The SMILES string of the molecule is COCC1CN(C2CCN(c3n[nH]c(N)n3)CC2)[C@@H](Cc2ccc(Cl)cc2)CO1. The molecule has 29 heavy (non-hydrogen) atoms. The van der Waals surface area contributed by atoms with Gasteiger partial charge in [0.25, 0.3) is 0 Å². The number of benzene rings is 1. The number of nitrogens with two attached hydrogens (primary N) is 1. The lowest BCUT2D eigenvalue weighted by atomic mass is 9.96. The number of methoxy groups -OCH3 is 1.